The number of hydrogen-bond acceptors (Lipinski definition) is 4. The van der Waals surface area contributed by atoms with E-state index in [9.17, 15) is 9.59 Å². The van der Waals surface area contributed by atoms with E-state index < -0.39 is 5.97 Å². The molecule has 0 unspecified atom stereocenters. The number of carbonyl (C=O) groups excluding carboxylic acids is 1. The van der Waals surface area contributed by atoms with Crippen LogP contribution in [-0.2, 0) is 11.3 Å². The summed E-state index contributed by atoms with van der Waals surface area (Å²) in [6, 6.07) is 1.64. The first-order valence-electron chi connectivity index (χ1n) is 5.96. The molecule has 2 heterocycles. The summed E-state index contributed by atoms with van der Waals surface area (Å²) in [6.45, 7) is 2.59. The van der Waals surface area contributed by atoms with Crippen molar-refractivity contribution in [2.75, 3.05) is 19.6 Å². The highest BCUT2D eigenvalue weighted by Gasteiger charge is 2.17. The summed E-state index contributed by atoms with van der Waals surface area (Å²) in [5.74, 6) is -0.784. The van der Waals surface area contributed by atoms with Gasteiger partial charge in [-0.05, 0) is 18.9 Å². The second kappa shape index (κ2) is 5.97. The lowest BCUT2D eigenvalue weighted by atomic mass is 10.3. The van der Waals surface area contributed by atoms with Crippen molar-refractivity contribution in [2.45, 2.75) is 19.4 Å². The van der Waals surface area contributed by atoms with Gasteiger partial charge in [-0.15, -0.1) is 11.3 Å². The van der Waals surface area contributed by atoms with Gasteiger partial charge in [-0.2, -0.15) is 0 Å². The van der Waals surface area contributed by atoms with E-state index in [1.54, 1.807) is 11.4 Å². The van der Waals surface area contributed by atoms with Crippen LogP contribution in [0.4, 0.5) is 0 Å². The van der Waals surface area contributed by atoms with Crippen molar-refractivity contribution in [1.29, 1.82) is 0 Å². The SMILES string of the molecule is O=C(O)c1csc(CNCC(=O)N2CCCC2)c1. The van der Waals surface area contributed by atoms with Gasteiger partial charge < -0.3 is 15.3 Å². The number of hydrogen-bond donors (Lipinski definition) is 2. The molecule has 0 aromatic carbocycles. The molecule has 0 atom stereocenters. The monoisotopic (exact) mass is 268 g/mol. The fourth-order valence-corrected chi connectivity index (χ4v) is 2.78. The molecule has 2 N–H and O–H groups in total. The van der Waals surface area contributed by atoms with E-state index in [0.717, 1.165) is 30.8 Å². The van der Waals surface area contributed by atoms with Gasteiger partial charge in [0.25, 0.3) is 0 Å². The number of carboxylic acids is 1. The van der Waals surface area contributed by atoms with E-state index in [1.807, 2.05) is 4.90 Å². The molecular formula is C12H16N2O3S. The fourth-order valence-electron chi connectivity index (χ4n) is 1.96. The molecule has 5 nitrogen and oxygen atoms in total. The van der Waals surface area contributed by atoms with E-state index in [2.05, 4.69) is 5.32 Å². The molecule has 1 fully saturated rings. The van der Waals surface area contributed by atoms with Gasteiger partial charge in [0.1, 0.15) is 0 Å². The summed E-state index contributed by atoms with van der Waals surface area (Å²) in [5.41, 5.74) is 0.308. The Morgan fingerprint density at radius 3 is 2.72 bits per heavy atom. The van der Waals surface area contributed by atoms with Crippen molar-refractivity contribution in [3.63, 3.8) is 0 Å². The molecule has 0 bridgehead atoms. The first-order chi connectivity index (χ1) is 8.66. The first-order valence-corrected chi connectivity index (χ1v) is 6.84. The van der Waals surface area contributed by atoms with Gasteiger partial charge >= 0.3 is 5.97 Å². The van der Waals surface area contributed by atoms with E-state index >= 15 is 0 Å². The van der Waals surface area contributed by atoms with E-state index in [4.69, 9.17) is 5.11 Å². The van der Waals surface area contributed by atoms with Crippen molar-refractivity contribution in [2.24, 2.45) is 0 Å². The van der Waals surface area contributed by atoms with Crippen LogP contribution in [0.25, 0.3) is 0 Å². The van der Waals surface area contributed by atoms with Crippen LogP contribution in [-0.4, -0.2) is 41.5 Å². The Kier molecular flexibility index (Phi) is 4.33. The quantitative estimate of drug-likeness (QED) is 0.840. The van der Waals surface area contributed by atoms with Gasteiger partial charge in [-0.25, -0.2) is 4.79 Å². The van der Waals surface area contributed by atoms with E-state index in [0.29, 0.717) is 18.7 Å². The van der Waals surface area contributed by atoms with Crippen molar-refractivity contribution in [3.8, 4) is 0 Å². The summed E-state index contributed by atoms with van der Waals surface area (Å²) >= 11 is 1.39. The molecule has 1 aromatic rings. The maximum atomic E-state index is 11.7. The first kappa shape index (κ1) is 13.0. The Hall–Kier alpha value is -1.40. The van der Waals surface area contributed by atoms with Crippen LogP contribution >= 0.6 is 11.3 Å². The molecule has 1 aliphatic heterocycles. The number of aromatic carboxylic acids is 1. The molecule has 0 aliphatic carbocycles. The fraction of sp³-hybridized carbons (Fsp3) is 0.500. The van der Waals surface area contributed by atoms with Crippen molar-refractivity contribution in [1.82, 2.24) is 10.2 Å². The van der Waals surface area contributed by atoms with Crippen LogP contribution in [0.3, 0.4) is 0 Å². The second-order valence-electron chi connectivity index (χ2n) is 4.30. The number of nitrogens with zero attached hydrogens (tertiary/aromatic N) is 1. The number of rotatable bonds is 5. The minimum atomic E-state index is -0.911. The summed E-state index contributed by atoms with van der Waals surface area (Å²) in [6.07, 6.45) is 2.19. The average Bonchev–Trinajstić information content (AvgIpc) is 3.00. The number of likely N-dealkylation sites (tertiary alicyclic amines) is 1. The molecule has 18 heavy (non-hydrogen) atoms. The zero-order chi connectivity index (χ0) is 13.0. The molecule has 0 saturated carbocycles. The van der Waals surface area contributed by atoms with Crippen molar-refractivity contribution < 1.29 is 14.7 Å². The third-order valence-electron chi connectivity index (χ3n) is 2.93. The Labute approximate surface area is 109 Å². The molecule has 1 amide bonds. The lowest BCUT2D eigenvalue weighted by Gasteiger charge is -2.15. The number of nitrogens with one attached hydrogen (secondary N) is 1. The van der Waals surface area contributed by atoms with Crippen LogP contribution in [0.15, 0.2) is 11.4 Å². The number of amides is 1. The lowest BCUT2D eigenvalue weighted by molar-refractivity contribution is -0.129. The zero-order valence-electron chi connectivity index (χ0n) is 10.0. The second-order valence-corrected chi connectivity index (χ2v) is 5.29. The largest absolute Gasteiger partial charge is 0.478 e. The number of carboxylic acid groups (broad SMARTS) is 1. The van der Waals surface area contributed by atoms with E-state index in [-0.39, 0.29) is 5.91 Å². The van der Waals surface area contributed by atoms with Crippen LogP contribution in [0, 0.1) is 0 Å². The maximum Gasteiger partial charge on any atom is 0.336 e. The molecule has 1 aliphatic rings. The topological polar surface area (TPSA) is 69.6 Å². The minimum Gasteiger partial charge on any atom is -0.478 e. The van der Waals surface area contributed by atoms with Crippen LogP contribution in [0.5, 0.6) is 0 Å². The molecule has 1 aromatic heterocycles. The highest BCUT2D eigenvalue weighted by Crippen LogP contribution is 2.14. The molecule has 0 radical (unpaired) electrons. The Morgan fingerprint density at radius 1 is 1.39 bits per heavy atom. The standard InChI is InChI=1S/C12H16N2O3S/c15-11(14-3-1-2-4-14)7-13-6-10-5-9(8-18-10)12(16)17/h5,8,13H,1-4,6-7H2,(H,16,17). The smallest absolute Gasteiger partial charge is 0.336 e. The van der Waals surface area contributed by atoms with Gasteiger partial charge in [0.05, 0.1) is 12.1 Å². The summed E-state index contributed by atoms with van der Waals surface area (Å²) in [7, 11) is 0. The van der Waals surface area contributed by atoms with Crippen LogP contribution < -0.4 is 5.32 Å². The predicted molar refractivity (Wildman–Crippen MR) is 68.8 cm³/mol. The Morgan fingerprint density at radius 2 is 2.11 bits per heavy atom. The van der Waals surface area contributed by atoms with Crippen LogP contribution in [0.1, 0.15) is 28.1 Å². The van der Waals surface area contributed by atoms with E-state index in [1.165, 1.54) is 11.3 Å². The van der Waals surface area contributed by atoms with Gasteiger partial charge in [0.2, 0.25) is 5.91 Å². The average molecular weight is 268 g/mol. The van der Waals surface area contributed by atoms with Gasteiger partial charge in [-0.1, -0.05) is 0 Å². The molecule has 6 heteroatoms. The maximum absolute atomic E-state index is 11.7. The highest BCUT2D eigenvalue weighted by atomic mass is 32.1. The molecule has 2 rings (SSSR count). The summed E-state index contributed by atoms with van der Waals surface area (Å²) in [4.78, 5) is 25.2. The zero-order valence-corrected chi connectivity index (χ0v) is 10.8. The van der Waals surface area contributed by atoms with Gasteiger partial charge in [0, 0.05) is 29.9 Å². The summed E-state index contributed by atoms with van der Waals surface area (Å²) < 4.78 is 0. The normalized spacial score (nSPS) is 15.0. The minimum absolute atomic E-state index is 0.127. The lowest BCUT2D eigenvalue weighted by Crippen LogP contribution is -2.35. The third kappa shape index (κ3) is 3.30. The highest BCUT2D eigenvalue weighted by molar-refractivity contribution is 7.10. The number of carbonyl (C=O) groups is 2. The van der Waals surface area contributed by atoms with Gasteiger partial charge in [0.15, 0.2) is 0 Å². The van der Waals surface area contributed by atoms with Crippen LogP contribution in [0.2, 0.25) is 0 Å². The van der Waals surface area contributed by atoms with Crippen molar-refractivity contribution >= 4 is 23.2 Å². The predicted octanol–water partition coefficient (Wildman–Crippen LogP) is 1.16. The van der Waals surface area contributed by atoms with Crippen molar-refractivity contribution in [3.05, 3.63) is 21.9 Å². The third-order valence-corrected chi connectivity index (χ3v) is 3.87. The molecule has 98 valence electrons. The van der Waals surface area contributed by atoms with Gasteiger partial charge in [-0.3, -0.25) is 4.79 Å². The Balaban J connectivity index is 1.74. The summed E-state index contributed by atoms with van der Waals surface area (Å²) in [5, 5.41) is 13.5. The molecule has 1 saturated heterocycles. The number of thiophene rings is 1. The molecule has 0 spiro atoms. The molecular weight excluding hydrogens is 252 g/mol. The Bertz CT molecular complexity index is 438.